The second-order valence-corrected chi connectivity index (χ2v) is 4.24. The Morgan fingerprint density at radius 2 is 1.18 bits per heavy atom. The van der Waals surface area contributed by atoms with E-state index >= 15 is 0 Å². The van der Waals surface area contributed by atoms with Crippen LogP contribution in [0.3, 0.4) is 0 Å². The van der Waals surface area contributed by atoms with Gasteiger partial charge < -0.3 is 10.2 Å². The molecule has 0 saturated heterocycles. The highest BCUT2D eigenvalue weighted by atomic mass is 79.9. The van der Waals surface area contributed by atoms with Gasteiger partial charge in [-0.25, -0.2) is 0 Å². The Morgan fingerprint density at radius 3 is 1.55 bits per heavy atom. The third-order valence-corrected chi connectivity index (χ3v) is 4.57. The van der Waals surface area contributed by atoms with Gasteiger partial charge in [-0.15, -0.1) is 0 Å². The molecule has 0 bridgehead atoms. The van der Waals surface area contributed by atoms with Gasteiger partial charge in [-0.05, 0) is 47.8 Å². The zero-order chi connectivity index (χ0) is 8.59. The molecule has 0 radical (unpaired) electrons. The van der Waals surface area contributed by atoms with Crippen LogP contribution in [0.2, 0.25) is 0 Å². The summed E-state index contributed by atoms with van der Waals surface area (Å²) >= 11 is 9.42. The van der Waals surface area contributed by atoms with E-state index in [1.807, 2.05) is 0 Å². The van der Waals surface area contributed by atoms with Crippen LogP contribution in [-0.2, 0) is 0 Å². The molecule has 0 aliphatic carbocycles. The van der Waals surface area contributed by atoms with Gasteiger partial charge in [0.25, 0.3) is 0 Å². The second kappa shape index (κ2) is 3.33. The van der Waals surface area contributed by atoms with E-state index in [1.165, 1.54) is 6.07 Å². The van der Waals surface area contributed by atoms with Crippen molar-refractivity contribution in [1.82, 2.24) is 0 Å². The van der Waals surface area contributed by atoms with E-state index < -0.39 is 0 Å². The fourth-order valence-corrected chi connectivity index (χ4v) is 1.88. The maximum Gasteiger partial charge on any atom is 0.134 e. The Kier molecular flexibility index (Phi) is 2.83. The van der Waals surface area contributed by atoms with E-state index in [4.69, 9.17) is 10.2 Å². The van der Waals surface area contributed by atoms with Crippen LogP contribution in [0.1, 0.15) is 0 Å². The van der Waals surface area contributed by atoms with Gasteiger partial charge in [0, 0.05) is 6.07 Å². The highest BCUT2D eigenvalue weighted by Crippen LogP contribution is 2.42. The van der Waals surface area contributed by atoms with Crippen molar-refractivity contribution in [3.63, 3.8) is 0 Å². The fourth-order valence-electron chi connectivity index (χ4n) is 0.577. The van der Waals surface area contributed by atoms with Gasteiger partial charge >= 0.3 is 0 Å². The van der Waals surface area contributed by atoms with Crippen molar-refractivity contribution in [2.45, 2.75) is 0 Å². The molecule has 0 aliphatic heterocycles. The predicted octanol–water partition coefficient (Wildman–Crippen LogP) is 3.39. The molecule has 0 aromatic heterocycles. The Morgan fingerprint density at radius 1 is 0.818 bits per heavy atom. The second-order valence-electron chi connectivity index (χ2n) is 1.86. The van der Waals surface area contributed by atoms with Gasteiger partial charge in [-0.2, -0.15) is 0 Å². The number of halogens is 3. The topological polar surface area (TPSA) is 40.5 Å². The largest absolute Gasteiger partial charge is 0.507 e. The van der Waals surface area contributed by atoms with Crippen molar-refractivity contribution in [1.29, 1.82) is 0 Å². The first-order chi connectivity index (χ1) is 5.04. The molecular weight excluding hydrogens is 344 g/mol. The molecule has 0 unspecified atom stereocenters. The van der Waals surface area contributed by atoms with Crippen molar-refractivity contribution in [2.75, 3.05) is 0 Å². The predicted molar refractivity (Wildman–Crippen MR) is 52.9 cm³/mol. The number of hydrogen-bond acceptors (Lipinski definition) is 2. The van der Waals surface area contributed by atoms with Gasteiger partial charge in [-0.3, -0.25) is 0 Å². The molecule has 0 spiro atoms. The summed E-state index contributed by atoms with van der Waals surface area (Å²) in [5.41, 5.74) is 0. The van der Waals surface area contributed by atoms with Gasteiger partial charge in [0.1, 0.15) is 11.5 Å². The summed E-state index contributed by atoms with van der Waals surface area (Å²) in [7, 11) is 0. The van der Waals surface area contributed by atoms with E-state index in [9.17, 15) is 0 Å². The van der Waals surface area contributed by atoms with E-state index in [2.05, 4.69) is 47.8 Å². The molecule has 0 amide bonds. The molecule has 2 N–H and O–H groups in total. The van der Waals surface area contributed by atoms with E-state index in [0.717, 1.165) is 0 Å². The normalized spacial score (nSPS) is 10.1. The average molecular weight is 347 g/mol. The molecule has 1 rings (SSSR count). The lowest BCUT2D eigenvalue weighted by Crippen LogP contribution is -1.76. The highest BCUT2D eigenvalue weighted by molar-refractivity contribution is 9.14. The van der Waals surface area contributed by atoms with E-state index in [0.29, 0.717) is 13.4 Å². The first-order valence-corrected chi connectivity index (χ1v) is 4.97. The smallest absolute Gasteiger partial charge is 0.134 e. The minimum Gasteiger partial charge on any atom is -0.507 e. The molecule has 0 aliphatic rings. The van der Waals surface area contributed by atoms with E-state index in [-0.39, 0.29) is 11.5 Å². The Bertz CT molecular complexity index is 272. The lowest BCUT2D eigenvalue weighted by Gasteiger charge is -2.03. The minimum absolute atomic E-state index is 0.00225. The molecule has 5 heteroatoms. The summed E-state index contributed by atoms with van der Waals surface area (Å²) in [6, 6.07) is 1.25. The molecule has 1 aromatic carbocycles. The lowest BCUT2D eigenvalue weighted by molar-refractivity contribution is 0.445. The molecule has 0 heterocycles. The Hall–Kier alpha value is 0.260. The lowest BCUT2D eigenvalue weighted by atomic mass is 10.3. The number of aromatic hydroxyl groups is 2. The molecule has 0 saturated carbocycles. The van der Waals surface area contributed by atoms with Crippen LogP contribution in [0.15, 0.2) is 19.5 Å². The van der Waals surface area contributed by atoms with Crippen LogP contribution in [0, 0.1) is 0 Å². The summed E-state index contributed by atoms with van der Waals surface area (Å²) in [5, 5.41) is 18.3. The highest BCUT2D eigenvalue weighted by Gasteiger charge is 2.10. The van der Waals surface area contributed by atoms with Crippen molar-refractivity contribution in [3.05, 3.63) is 19.5 Å². The maximum atomic E-state index is 9.15. The van der Waals surface area contributed by atoms with Crippen LogP contribution < -0.4 is 0 Å². The van der Waals surface area contributed by atoms with Crippen LogP contribution in [-0.4, -0.2) is 10.2 Å². The van der Waals surface area contributed by atoms with Crippen molar-refractivity contribution in [2.24, 2.45) is 0 Å². The standard InChI is InChI=1S/C6H3Br3O2/c7-4-2(10)1-3(11)5(8)6(4)9/h1,10-11H. The summed E-state index contributed by atoms with van der Waals surface area (Å²) in [6.07, 6.45) is 0. The summed E-state index contributed by atoms with van der Waals surface area (Å²) in [6.45, 7) is 0. The molecule has 60 valence electrons. The van der Waals surface area contributed by atoms with Gasteiger partial charge in [0.05, 0.1) is 13.4 Å². The number of rotatable bonds is 0. The Labute approximate surface area is 88.6 Å². The first kappa shape index (κ1) is 9.35. The summed E-state index contributed by atoms with van der Waals surface area (Å²) < 4.78 is 1.62. The van der Waals surface area contributed by atoms with Crippen LogP contribution in [0.4, 0.5) is 0 Å². The number of phenolic OH excluding ortho intramolecular Hbond substituents is 2. The maximum absolute atomic E-state index is 9.15. The third-order valence-electron chi connectivity index (χ3n) is 1.11. The number of benzene rings is 1. The number of hydrogen-bond donors (Lipinski definition) is 2. The molecule has 2 nitrogen and oxygen atoms in total. The molecule has 1 aromatic rings. The molecule has 0 atom stereocenters. The van der Waals surface area contributed by atoms with Crippen LogP contribution in [0.25, 0.3) is 0 Å². The third kappa shape index (κ3) is 1.71. The van der Waals surface area contributed by atoms with Gasteiger partial charge in [-0.1, -0.05) is 0 Å². The minimum atomic E-state index is -0.00225. The number of phenols is 2. The van der Waals surface area contributed by atoms with Crippen LogP contribution >= 0.6 is 47.8 Å². The van der Waals surface area contributed by atoms with Crippen molar-refractivity contribution < 1.29 is 10.2 Å². The molecule has 0 fully saturated rings. The quantitative estimate of drug-likeness (QED) is 0.707. The summed E-state index contributed by atoms with van der Waals surface area (Å²) in [4.78, 5) is 0. The van der Waals surface area contributed by atoms with Crippen molar-refractivity contribution in [3.8, 4) is 11.5 Å². The fraction of sp³-hybridized carbons (Fsp3) is 0. The van der Waals surface area contributed by atoms with Crippen LogP contribution in [0.5, 0.6) is 11.5 Å². The zero-order valence-electron chi connectivity index (χ0n) is 5.11. The van der Waals surface area contributed by atoms with E-state index in [1.54, 1.807) is 0 Å². The SMILES string of the molecule is Oc1cc(O)c(Br)c(Br)c1Br. The monoisotopic (exact) mass is 344 g/mol. The molecule has 11 heavy (non-hydrogen) atoms. The zero-order valence-corrected chi connectivity index (χ0v) is 9.86. The first-order valence-electron chi connectivity index (χ1n) is 2.59. The molecular formula is C6H3Br3O2. The van der Waals surface area contributed by atoms with Gasteiger partial charge in [0.2, 0.25) is 0 Å². The Balaban J connectivity index is 3.46. The average Bonchev–Trinajstić information content (AvgIpc) is 1.97. The van der Waals surface area contributed by atoms with Gasteiger partial charge in [0.15, 0.2) is 0 Å². The van der Waals surface area contributed by atoms with Crippen molar-refractivity contribution >= 4 is 47.8 Å². The summed E-state index contributed by atoms with van der Waals surface area (Å²) in [5.74, 6) is -0.00449.